The summed E-state index contributed by atoms with van der Waals surface area (Å²) in [5.41, 5.74) is -0.603. The third-order valence-corrected chi connectivity index (χ3v) is 4.11. The molecule has 0 heterocycles. The van der Waals surface area contributed by atoms with Crippen molar-refractivity contribution >= 4 is 0 Å². The van der Waals surface area contributed by atoms with Crippen LogP contribution in [0.1, 0.15) is 67.2 Å². The highest BCUT2D eigenvalue weighted by Gasteiger charge is 2.22. The number of aliphatic hydroxyl groups is 2. The van der Waals surface area contributed by atoms with Gasteiger partial charge in [-0.05, 0) is 44.4 Å². The van der Waals surface area contributed by atoms with Gasteiger partial charge in [0.15, 0.2) is 0 Å². The van der Waals surface area contributed by atoms with Gasteiger partial charge in [-0.3, -0.25) is 0 Å². The fraction of sp³-hybridized carbons (Fsp3) is 0.778. The van der Waals surface area contributed by atoms with Crippen molar-refractivity contribution in [3.05, 3.63) is 24.3 Å². The van der Waals surface area contributed by atoms with E-state index in [1.807, 2.05) is 26.0 Å². The van der Waals surface area contributed by atoms with Crippen molar-refractivity contribution in [2.24, 2.45) is 11.3 Å². The topological polar surface area (TPSA) is 40.5 Å². The molecule has 0 amide bonds. The zero-order chi connectivity index (χ0) is 15.8. The van der Waals surface area contributed by atoms with Gasteiger partial charge in [0.25, 0.3) is 0 Å². The highest BCUT2D eigenvalue weighted by Crippen LogP contribution is 2.25. The first-order chi connectivity index (χ1) is 9.10. The summed E-state index contributed by atoms with van der Waals surface area (Å²) in [4.78, 5) is 0. The van der Waals surface area contributed by atoms with Gasteiger partial charge in [0, 0.05) is 0 Å². The molecule has 0 aliphatic heterocycles. The fourth-order valence-electron chi connectivity index (χ4n) is 2.01. The molecule has 0 fully saturated rings. The van der Waals surface area contributed by atoms with Crippen molar-refractivity contribution in [2.75, 3.05) is 0 Å². The summed E-state index contributed by atoms with van der Waals surface area (Å²) in [5.74, 6) is 0.269. The minimum absolute atomic E-state index is 0.115. The van der Waals surface area contributed by atoms with Crippen molar-refractivity contribution in [2.45, 2.75) is 78.9 Å². The lowest BCUT2D eigenvalue weighted by atomic mass is 9.86. The average molecular weight is 282 g/mol. The molecule has 2 heteroatoms. The van der Waals surface area contributed by atoms with Gasteiger partial charge in [-0.2, -0.15) is 0 Å². The van der Waals surface area contributed by atoms with E-state index in [-0.39, 0.29) is 17.4 Å². The van der Waals surface area contributed by atoms with Gasteiger partial charge in [0.2, 0.25) is 0 Å². The Labute approximate surface area is 125 Å². The van der Waals surface area contributed by atoms with Crippen molar-refractivity contribution < 1.29 is 10.2 Å². The molecule has 0 radical (unpaired) electrons. The third kappa shape index (κ3) is 8.55. The largest absolute Gasteiger partial charge is 0.393 e. The van der Waals surface area contributed by atoms with Gasteiger partial charge in [0.05, 0.1) is 11.7 Å². The van der Waals surface area contributed by atoms with E-state index in [0.29, 0.717) is 0 Å². The minimum Gasteiger partial charge on any atom is -0.393 e. The summed E-state index contributed by atoms with van der Waals surface area (Å²) in [5, 5.41) is 19.6. The maximum absolute atomic E-state index is 10.2. The number of aliphatic hydroxyl groups excluding tert-OH is 1. The highest BCUT2D eigenvalue weighted by molar-refractivity contribution is 5.05. The van der Waals surface area contributed by atoms with Crippen molar-refractivity contribution in [1.29, 1.82) is 0 Å². The van der Waals surface area contributed by atoms with Gasteiger partial charge < -0.3 is 10.2 Å². The lowest BCUT2D eigenvalue weighted by Crippen LogP contribution is -2.29. The van der Waals surface area contributed by atoms with Gasteiger partial charge in [0.1, 0.15) is 0 Å². The predicted molar refractivity (Wildman–Crippen MR) is 87.7 cm³/mol. The number of allylic oxidation sites excluding steroid dienone is 3. The molecule has 0 aliphatic rings. The Balaban J connectivity index is 4.25. The summed E-state index contributed by atoms with van der Waals surface area (Å²) in [6.07, 6.45) is 11.7. The Morgan fingerprint density at radius 1 is 1.05 bits per heavy atom. The summed E-state index contributed by atoms with van der Waals surface area (Å²) >= 11 is 0. The van der Waals surface area contributed by atoms with Crippen LogP contribution in [0.25, 0.3) is 0 Å². The summed E-state index contributed by atoms with van der Waals surface area (Å²) in [7, 11) is 0. The van der Waals surface area contributed by atoms with Crippen molar-refractivity contribution in [3.63, 3.8) is 0 Å². The molecular formula is C18H34O2. The smallest absolute Gasteiger partial charge is 0.0825 e. The van der Waals surface area contributed by atoms with Crippen LogP contribution in [-0.4, -0.2) is 21.9 Å². The van der Waals surface area contributed by atoms with Crippen LogP contribution in [0.3, 0.4) is 0 Å². The Kier molecular flexibility index (Phi) is 8.38. The molecule has 0 saturated heterocycles. The predicted octanol–water partition coefficient (Wildman–Crippen LogP) is 4.47. The van der Waals surface area contributed by atoms with Gasteiger partial charge in [-0.1, -0.05) is 58.4 Å². The molecule has 0 aromatic heterocycles. The molecule has 20 heavy (non-hydrogen) atoms. The lowest BCUT2D eigenvalue weighted by molar-refractivity contribution is 0.0525. The summed E-state index contributed by atoms with van der Waals surface area (Å²) < 4.78 is 0. The molecule has 0 aromatic carbocycles. The van der Waals surface area contributed by atoms with E-state index in [1.165, 1.54) is 0 Å². The van der Waals surface area contributed by atoms with Crippen LogP contribution in [0.5, 0.6) is 0 Å². The molecule has 0 aliphatic carbocycles. The summed E-state index contributed by atoms with van der Waals surface area (Å²) in [6.45, 7) is 12.2. The third-order valence-electron chi connectivity index (χ3n) is 4.11. The number of hydrogen-bond donors (Lipinski definition) is 2. The van der Waals surface area contributed by atoms with Crippen LogP contribution in [-0.2, 0) is 0 Å². The Morgan fingerprint density at radius 2 is 1.60 bits per heavy atom. The van der Waals surface area contributed by atoms with E-state index in [9.17, 15) is 10.2 Å². The Morgan fingerprint density at radius 3 is 2.10 bits per heavy atom. The van der Waals surface area contributed by atoms with E-state index >= 15 is 0 Å². The molecule has 3 atom stereocenters. The second kappa shape index (κ2) is 8.63. The van der Waals surface area contributed by atoms with Crippen LogP contribution in [0.4, 0.5) is 0 Å². The van der Waals surface area contributed by atoms with Crippen LogP contribution in [0.15, 0.2) is 24.3 Å². The molecule has 3 unspecified atom stereocenters. The standard InChI is InChI=1S/C18H34O2/c1-7-15(2)18(6,20)13-10-8-9-12-17(4,5)14-11-16(3)19/h9-10,12-13,15-16,19-20H,7-8,11,14H2,1-6H3/b12-9+,13-10+. The first-order valence-corrected chi connectivity index (χ1v) is 7.86. The molecule has 0 aromatic rings. The van der Waals surface area contributed by atoms with Gasteiger partial charge in [-0.25, -0.2) is 0 Å². The highest BCUT2D eigenvalue weighted by atomic mass is 16.3. The van der Waals surface area contributed by atoms with Crippen LogP contribution in [0.2, 0.25) is 0 Å². The van der Waals surface area contributed by atoms with Crippen LogP contribution >= 0.6 is 0 Å². The fourth-order valence-corrected chi connectivity index (χ4v) is 2.01. The van der Waals surface area contributed by atoms with Crippen molar-refractivity contribution in [3.8, 4) is 0 Å². The quantitative estimate of drug-likeness (QED) is 0.612. The van der Waals surface area contributed by atoms with E-state index in [2.05, 4.69) is 39.8 Å². The maximum atomic E-state index is 10.2. The molecule has 2 N–H and O–H groups in total. The molecule has 0 saturated carbocycles. The van der Waals surface area contributed by atoms with Crippen LogP contribution in [0, 0.1) is 11.3 Å². The average Bonchev–Trinajstić information content (AvgIpc) is 2.34. The van der Waals surface area contributed by atoms with E-state index in [4.69, 9.17) is 0 Å². The second-order valence-electron chi connectivity index (χ2n) is 6.95. The molecule has 0 bridgehead atoms. The maximum Gasteiger partial charge on any atom is 0.0825 e. The molecule has 118 valence electrons. The zero-order valence-corrected chi connectivity index (χ0v) is 14.2. The Hall–Kier alpha value is -0.600. The number of hydrogen-bond acceptors (Lipinski definition) is 2. The second-order valence-corrected chi connectivity index (χ2v) is 6.95. The van der Waals surface area contributed by atoms with E-state index < -0.39 is 5.60 Å². The SMILES string of the molecule is CCC(C)C(C)(O)/C=C/C/C=C/C(C)(C)CCC(C)O. The monoisotopic (exact) mass is 282 g/mol. The van der Waals surface area contributed by atoms with Gasteiger partial charge >= 0.3 is 0 Å². The first-order valence-electron chi connectivity index (χ1n) is 7.86. The van der Waals surface area contributed by atoms with E-state index in [0.717, 1.165) is 25.7 Å². The summed E-state index contributed by atoms with van der Waals surface area (Å²) in [6, 6.07) is 0. The van der Waals surface area contributed by atoms with Crippen LogP contribution < -0.4 is 0 Å². The van der Waals surface area contributed by atoms with Crippen molar-refractivity contribution in [1.82, 2.24) is 0 Å². The zero-order valence-electron chi connectivity index (χ0n) is 14.2. The minimum atomic E-state index is -0.718. The first kappa shape index (κ1) is 19.4. The lowest BCUT2D eigenvalue weighted by Gasteiger charge is -2.26. The molecular weight excluding hydrogens is 248 g/mol. The normalized spacial score (nSPS) is 19.4. The van der Waals surface area contributed by atoms with Gasteiger partial charge in [-0.15, -0.1) is 0 Å². The van der Waals surface area contributed by atoms with E-state index in [1.54, 1.807) is 0 Å². The molecule has 0 spiro atoms. The Bertz CT molecular complexity index is 311. The molecule has 2 nitrogen and oxygen atoms in total. The number of rotatable bonds is 9. The molecule has 0 rings (SSSR count).